The monoisotopic (exact) mass is 514 g/mol. The van der Waals surface area contributed by atoms with Crippen LogP contribution in [0, 0.1) is 0 Å². The van der Waals surface area contributed by atoms with Crippen molar-refractivity contribution in [3.05, 3.63) is 58.0 Å². The van der Waals surface area contributed by atoms with Gasteiger partial charge in [0.1, 0.15) is 17.0 Å². The van der Waals surface area contributed by atoms with Crippen LogP contribution in [0.2, 0.25) is 0 Å². The Balaban J connectivity index is 1.80. The average Bonchev–Trinajstić information content (AvgIpc) is 2.88. The Morgan fingerprint density at radius 2 is 1.86 bits per heavy atom. The van der Waals surface area contributed by atoms with Crippen LogP contribution in [0.5, 0.6) is 5.75 Å². The number of ether oxygens (including phenoxy) is 2. The van der Waals surface area contributed by atoms with Crippen LogP contribution in [-0.4, -0.2) is 59.8 Å². The number of primary amides is 1. The first-order valence-corrected chi connectivity index (χ1v) is 12.6. The van der Waals surface area contributed by atoms with Gasteiger partial charge in [-0.15, -0.1) is 0 Å². The van der Waals surface area contributed by atoms with Crippen molar-refractivity contribution < 1.29 is 23.0 Å². The topological polar surface area (TPSA) is 99.7 Å². The van der Waals surface area contributed by atoms with Crippen molar-refractivity contribution in [2.45, 2.75) is 45.8 Å². The minimum Gasteiger partial charge on any atom is -0.435 e. The molecule has 10 heteroatoms. The molecular formula is C27H32F2N4O4. The molecule has 4 rings (SSSR count). The SMILES string of the molecule is CCCCCc1c(C(N)=O)c(=O)n(CCN2CCOCC2)c2ncc(-c3ccc(OC(F)F)cc3)cc12. The highest BCUT2D eigenvalue weighted by Crippen LogP contribution is 2.28. The van der Waals surface area contributed by atoms with Gasteiger partial charge in [-0.25, -0.2) is 4.98 Å². The van der Waals surface area contributed by atoms with Gasteiger partial charge in [-0.2, -0.15) is 8.78 Å². The van der Waals surface area contributed by atoms with Crippen molar-refractivity contribution >= 4 is 16.9 Å². The van der Waals surface area contributed by atoms with Crippen LogP contribution in [0.1, 0.15) is 42.1 Å². The van der Waals surface area contributed by atoms with E-state index in [1.165, 1.54) is 16.7 Å². The number of aryl methyl sites for hydroxylation is 1. The first-order chi connectivity index (χ1) is 17.9. The van der Waals surface area contributed by atoms with Gasteiger partial charge in [0.05, 0.1) is 13.2 Å². The van der Waals surface area contributed by atoms with E-state index in [2.05, 4.69) is 21.5 Å². The molecule has 0 radical (unpaired) electrons. The second-order valence-corrected chi connectivity index (χ2v) is 9.08. The fraction of sp³-hybridized carbons (Fsp3) is 0.444. The Hall–Kier alpha value is -3.37. The number of benzene rings is 1. The number of aromatic nitrogens is 2. The summed E-state index contributed by atoms with van der Waals surface area (Å²) >= 11 is 0. The molecule has 0 aliphatic carbocycles. The summed E-state index contributed by atoms with van der Waals surface area (Å²) in [5.41, 5.74) is 7.90. The number of fused-ring (bicyclic) bond motifs is 1. The maximum absolute atomic E-state index is 13.5. The minimum absolute atomic E-state index is 0.00483. The summed E-state index contributed by atoms with van der Waals surface area (Å²) in [6, 6.07) is 8.16. The fourth-order valence-corrected chi connectivity index (χ4v) is 4.72. The van der Waals surface area contributed by atoms with Crippen molar-refractivity contribution in [2.24, 2.45) is 5.73 Å². The number of nitrogens with zero attached hydrogens (tertiary/aromatic N) is 3. The number of hydrogen-bond donors (Lipinski definition) is 1. The highest BCUT2D eigenvalue weighted by Gasteiger charge is 2.22. The second kappa shape index (κ2) is 12.2. The van der Waals surface area contributed by atoms with Gasteiger partial charge < -0.3 is 15.2 Å². The Kier molecular flexibility index (Phi) is 8.83. The standard InChI is InChI=1S/C27H32F2N4O4/c1-2-3-4-5-21-22-16-19(18-6-8-20(9-7-18)37-27(28)29)17-31-25(22)33(26(35)23(21)24(30)34)11-10-32-12-14-36-15-13-32/h6-9,16-17,27H,2-5,10-15H2,1H3,(H2,30,34). The lowest BCUT2D eigenvalue weighted by Crippen LogP contribution is -2.40. The number of morpholine rings is 1. The molecule has 1 fully saturated rings. The summed E-state index contributed by atoms with van der Waals surface area (Å²) in [6.45, 7) is 2.97. The van der Waals surface area contributed by atoms with Crippen molar-refractivity contribution in [1.29, 1.82) is 0 Å². The number of nitrogens with two attached hydrogens (primary N) is 1. The molecule has 0 saturated carbocycles. The van der Waals surface area contributed by atoms with Gasteiger partial charge in [-0.1, -0.05) is 31.9 Å². The molecule has 0 unspecified atom stereocenters. The number of amides is 1. The third-order valence-corrected chi connectivity index (χ3v) is 6.64. The first-order valence-electron chi connectivity index (χ1n) is 12.6. The van der Waals surface area contributed by atoms with Gasteiger partial charge in [0, 0.05) is 43.3 Å². The van der Waals surface area contributed by atoms with Gasteiger partial charge >= 0.3 is 6.61 Å². The summed E-state index contributed by atoms with van der Waals surface area (Å²) in [7, 11) is 0. The van der Waals surface area contributed by atoms with E-state index in [1.807, 2.05) is 6.07 Å². The van der Waals surface area contributed by atoms with Gasteiger partial charge in [0.25, 0.3) is 11.5 Å². The Bertz CT molecular complexity index is 1290. The molecule has 3 aromatic rings. The molecule has 0 spiro atoms. The Labute approximate surface area is 214 Å². The molecule has 3 heterocycles. The normalized spacial score (nSPS) is 14.4. The van der Waals surface area contributed by atoms with E-state index in [0.29, 0.717) is 49.3 Å². The lowest BCUT2D eigenvalue weighted by Gasteiger charge is -2.27. The number of carbonyl (C=O) groups is 1. The lowest BCUT2D eigenvalue weighted by atomic mass is 9.96. The van der Waals surface area contributed by atoms with Gasteiger partial charge in [0.2, 0.25) is 0 Å². The van der Waals surface area contributed by atoms with E-state index in [1.54, 1.807) is 18.3 Å². The summed E-state index contributed by atoms with van der Waals surface area (Å²) in [5, 5.41) is 0.692. The summed E-state index contributed by atoms with van der Waals surface area (Å²) in [6.07, 6.45) is 4.90. The molecule has 2 aromatic heterocycles. The van der Waals surface area contributed by atoms with E-state index in [-0.39, 0.29) is 11.3 Å². The average molecular weight is 515 g/mol. The lowest BCUT2D eigenvalue weighted by molar-refractivity contribution is -0.0498. The predicted octanol–water partition coefficient (Wildman–Crippen LogP) is 3.83. The van der Waals surface area contributed by atoms with Crippen LogP contribution >= 0.6 is 0 Å². The minimum atomic E-state index is -2.90. The van der Waals surface area contributed by atoms with Crippen molar-refractivity contribution in [1.82, 2.24) is 14.5 Å². The number of unbranched alkanes of at least 4 members (excludes halogenated alkanes) is 2. The first kappa shape index (κ1) is 26.7. The molecular weight excluding hydrogens is 482 g/mol. The van der Waals surface area contributed by atoms with Crippen LogP contribution in [0.4, 0.5) is 8.78 Å². The molecule has 198 valence electrons. The van der Waals surface area contributed by atoms with E-state index < -0.39 is 18.1 Å². The zero-order valence-corrected chi connectivity index (χ0v) is 20.9. The van der Waals surface area contributed by atoms with Gasteiger partial charge in [-0.05, 0) is 42.2 Å². The van der Waals surface area contributed by atoms with Crippen LogP contribution in [0.25, 0.3) is 22.2 Å². The van der Waals surface area contributed by atoms with Crippen molar-refractivity contribution in [3.8, 4) is 16.9 Å². The molecule has 1 aliphatic heterocycles. The maximum Gasteiger partial charge on any atom is 0.387 e. The van der Waals surface area contributed by atoms with E-state index in [9.17, 15) is 18.4 Å². The van der Waals surface area contributed by atoms with Crippen LogP contribution < -0.4 is 16.0 Å². The molecule has 37 heavy (non-hydrogen) atoms. The van der Waals surface area contributed by atoms with E-state index in [0.717, 1.165) is 43.5 Å². The predicted molar refractivity (Wildman–Crippen MR) is 137 cm³/mol. The molecule has 0 bridgehead atoms. The van der Waals surface area contributed by atoms with Gasteiger partial charge in [-0.3, -0.25) is 19.1 Å². The summed E-state index contributed by atoms with van der Waals surface area (Å²) in [5.74, 6) is -0.696. The zero-order chi connectivity index (χ0) is 26.4. The quantitative estimate of drug-likeness (QED) is 0.391. The number of rotatable bonds is 11. The van der Waals surface area contributed by atoms with Crippen LogP contribution in [0.3, 0.4) is 0 Å². The molecule has 1 saturated heterocycles. The maximum atomic E-state index is 13.5. The third-order valence-electron chi connectivity index (χ3n) is 6.64. The largest absolute Gasteiger partial charge is 0.435 e. The number of halogens is 2. The highest BCUT2D eigenvalue weighted by atomic mass is 19.3. The van der Waals surface area contributed by atoms with Crippen molar-refractivity contribution in [3.63, 3.8) is 0 Å². The summed E-state index contributed by atoms with van der Waals surface area (Å²) in [4.78, 5) is 32.9. The molecule has 1 amide bonds. The molecule has 8 nitrogen and oxygen atoms in total. The summed E-state index contributed by atoms with van der Waals surface area (Å²) < 4.78 is 36.5. The highest BCUT2D eigenvalue weighted by molar-refractivity contribution is 5.99. The smallest absolute Gasteiger partial charge is 0.387 e. The molecule has 2 N–H and O–H groups in total. The van der Waals surface area contributed by atoms with Crippen LogP contribution in [0.15, 0.2) is 41.3 Å². The fourth-order valence-electron chi connectivity index (χ4n) is 4.72. The Morgan fingerprint density at radius 1 is 1.14 bits per heavy atom. The molecule has 1 aliphatic rings. The number of alkyl halides is 2. The Morgan fingerprint density at radius 3 is 2.51 bits per heavy atom. The van der Waals surface area contributed by atoms with E-state index >= 15 is 0 Å². The second-order valence-electron chi connectivity index (χ2n) is 9.08. The number of hydrogen-bond acceptors (Lipinski definition) is 6. The number of pyridine rings is 2. The third kappa shape index (κ3) is 6.31. The van der Waals surface area contributed by atoms with Gasteiger partial charge in [0.15, 0.2) is 0 Å². The zero-order valence-electron chi connectivity index (χ0n) is 20.9. The molecule has 1 aromatic carbocycles. The van der Waals surface area contributed by atoms with E-state index in [4.69, 9.17) is 10.5 Å². The number of carbonyl (C=O) groups excluding carboxylic acids is 1. The molecule has 0 atom stereocenters. The van der Waals surface area contributed by atoms with Crippen LogP contribution in [-0.2, 0) is 17.7 Å². The van der Waals surface area contributed by atoms with Crippen molar-refractivity contribution in [2.75, 3.05) is 32.8 Å².